The van der Waals surface area contributed by atoms with Crippen molar-refractivity contribution in [2.75, 3.05) is 14.2 Å². The molecule has 2 aliphatic rings. The lowest BCUT2D eigenvalue weighted by Gasteiger charge is -2.52. The Labute approximate surface area is 291 Å². The van der Waals surface area contributed by atoms with Crippen LogP contribution in [0.3, 0.4) is 0 Å². The SMILES string of the molecule is CCCCC1=C(C)C(C)=C(C)C(OC)(c2cccc3n[nH]nc23)C1CC1C(CCCC)=C(C)C(C)=C(C)C1(OC)c1cccc2n[nH]nc12. The van der Waals surface area contributed by atoms with E-state index in [1.54, 1.807) is 0 Å². The lowest BCUT2D eigenvalue weighted by atomic mass is 9.57. The zero-order chi connectivity index (χ0) is 35.1. The van der Waals surface area contributed by atoms with Gasteiger partial charge in [-0.3, -0.25) is 0 Å². The van der Waals surface area contributed by atoms with Gasteiger partial charge in [-0.25, -0.2) is 0 Å². The molecule has 4 atom stereocenters. The van der Waals surface area contributed by atoms with Crippen molar-refractivity contribution >= 4 is 22.1 Å². The molecular weight excluding hydrogens is 608 g/mol. The Kier molecular flexibility index (Phi) is 9.84. The predicted octanol–water partition coefficient (Wildman–Crippen LogP) is 9.95. The van der Waals surface area contributed by atoms with Crippen molar-refractivity contribution < 1.29 is 9.47 Å². The Balaban J connectivity index is 1.68. The number of nitrogens with zero attached hydrogens (tertiary/aromatic N) is 4. The van der Waals surface area contributed by atoms with Crippen molar-refractivity contribution in [2.45, 2.75) is 112 Å². The lowest BCUT2D eigenvalue weighted by molar-refractivity contribution is -0.0629. The Morgan fingerprint density at radius 3 is 1.37 bits per heavy atom. The van der Waals surface area contributed by atoms with E-state index in [-0.39, 0.29) is 11.8 Å². The molecule has 2 aromatic carbocycles. The highest BCUT2D eigenvalue weighted by molar-refractivity contribution is 5.81. The van der Waals surface area contributed by atoms with Gasteiger partial charge in [0.2, 0.25) is 0 Å². The Morgan fingerprint density at radius 1 is 0.592 bits per heavy atom. The summed E-state index contributed by atoms with van der Waals surface area (Å²) in [6.45, 7) is 18.3. The number of aromatic amines is 2. The van der Waals surface area contributed by atoms with Gasteiger partial charge in [-0.15, -0.1) is 0 Å². The van der Waals surface area contributed by atoms with Crippen LogP contribution in [0.5, 0.6) is 0 Å². The summed E-state index contributed by atoms with van der Waals surface area (Å²) >= 11 is 0. The van der Waals surface area contributed by atoms with E-state index in [0.717, 1.165) is 78.1 Å². The first-order valence-electron chi connectivity index (χ1n) is 18.1. The average Bonchev–Trinajstić information content (AvgIpc) is 3.81. The normalized spacial score (nSPS) is 25.1. The molecule has 49 heavy (non-hydrogen) atoms. The minimum atomic E-state index is -0.768. The number of hydrogen-bond donors (Lipinski definition) is 2. The molecule has 4 aromatic rings. The fourth-order valence-corrected chi connectivity index (χ4v) is 9.37. The molecule has 8 heteroatoms. The molecule has 0 saturated carbocycles. The molecule has 4 unspecified atom stereocenters. The molecule has 2 aromatic heterocycles. The number of methoxy groups -OCH3 is 2. The first-order valence-corrected chi connectivity index (χ1v) is 18.1. The number of para-hydroxylation sites is 2. The fourth-order valence-electron chi connectivity index (χ4n) is 9.37. The van der Waals surface area contributed by atoms with Gasteiger partial charge in [-0.05, 0) is 119 Å². The fraction of sp³-hybridized carbons (Fsp3) is 0.512. The number of H-pyrrole nitrogens is 2. The maximum absolute atomic E-state index is 7.02. The van der Waals surface area contributed by atoms with Crippen LogP contribution >= 0.6 is 0 Å². The van der Waals surface area contributed by atoms with E-state index < -0.39 is 11.2 Å². The van der Waals surface area contributed by atoms with Crippen LogP contribution in [0.4, 0.5) is 0 Å². The van der Waals surface area contributed by atoms with Crippen molar-refractivity contribution in [3.8, 4) is 0 Å². The summed E-state index contributed by atoms with van der Waals surface area (Å²) in [6, 6.07) is 12.6. The summed E-state index contributed by atoms with van der Waals surface area (Å²) in [4.78, 5) is 0. The Hall–Kier alpha value is -3.88. The number of fused-ring (bicyclic) bond motifs is 2. The molecule has 0 aliphatic heterocycles. The number of nitrogens with one attached hydrogen (secondary N) is 2. The summed E-state index contributed by atoms with van der Waals surface area (Å²) in [5.41, 5.74) is 14.7. The van der Waals surface area contributed by atoms with E-state index in [1.807, 2.05) is 26.4 Å². The second-order valence-corrected chi connectivity index (χ2v) is 14.2. The summed E-state index contributed by atoms with van der Waals surface area (Å²) in [5, 5.41) is 24.3. The van der Waals surface area contributed by atoms with Crippen LogP contribution in [0.25, 0.3) is 22.1 Å². The molecule has 0 spiro atoms. The maximum Gasteiger partial charge on any atom is 0.123 e. The van der Waals surface area contributed by atoms with Gasteiger partial charge < -0.3 is 9.47 Å². The van der Waals surface area contributed by atoms with Gasteiger partial charge in [-0.2, -0.15) is 30.8 Å². The summed E-state index contributed by atoms with van der Waals surface area (Å²) in [5.74, 6) is 0.00318. The largest absolute Gasteiger partial charge is 0.368 e. The molecule has 8 nitrogen and oxygen atoms in total. The number of benzene rings is 2. The second-order valence-electron chi connectivity index (χ2n) is 14.2. The van der Waals surface area contributed by atoms with Crippen LogP contribution in [0.1, 0.15) is 111 Å². The second kappa shape index (κ2) is 13.8. The zero-order valence-corrected chi connectivity index (χ0v) is 31.2. The van der Waals surface area contributed by atoms with E-state index in [2.05, 4.69) is 100 Å². The molecule has 0 saturated heterocycles. The minimum Gasteiger partial charge on any atom is -0.368 e. The number of hydrogen-bond acceptors (Lipinski definition) is 6. The molecular formula is C41H54N6O2. The molecule has 0 bridgehead atoms. The number of allylic oxidation sites excluding steroid dienone is 4. The quantitative estimate of drug-likeness (QED) is 0.157. The third-order valence-corrected chi connectivity index (χ3v) is 12.4. The first-order chi connectivity index (χ1) is 23.6. The summed E-state index contributed by atoms with van der Waals surface area (Å²) < 4.78 is 14.0. The van der Waals surface area contributed by atoms with Gasteiger partial charge in [0.05, 0.1) is 0 Å². The van der Waals surface area contributed by atoms with Crippen LogP contribution in [0.15, 0.2) is 81.0 Å². The molecule has 6 rings (SSSR count). The van der Waals surface area contributed by atoms with Crippen LogP contribution in [0.2, 0.25) is 0 Å². The number of unbranched alkanes of at least 4 members (excludes halogenated alkanes) is 2. The van der Waals surface area contributed by atoms with Crippen molar-refractivity contribution in [3.63, 3.8) is 0 Å². The van der Waals surface area contributed by atoms with E-state index in [1.165, 1.54) is 44.6 Å². The molecule has 2 heterocycles. The van der Waals surface area contributed by atoms with Crippen LogP contribution in [0, 0.1) is 11.8 Å². The van der Waals surface area contributed by atoms with Gasteiger partial charge in [0.25, 0.3) is 0 Å². The Morgan fingerprint density at radius 2 is 1.00 bits per heavy atom. The van der Waals surface area contributed by atoms with E-state index in [4.69, 9.17) is 19.7 Å². The predicted molar refractivity (Wildman–Crippen MR) is 198 cm³/mol. The van der Waals surface area contributed by atoms with Gasteiger partial charge in [-0.1, -0.05) is 62.1 Å². The van der Waals surface area contributed by atoms with Gasteiger partial charge in [0.15, 0.2) is 0 Å². The lowest BCUT2D eigenvalue weighted by Crippen LogP contribution is -2.49. The third kappa shape index (κ3) is 5.25. The van der Waals surface area contributed by atoms with Crippen LogP contribution < -0.4 is 0 Å². The molecule has 2 aliphatic carbocycles. The van der Waals surface area contributed by atoms with E-state index >= 15 is 0 Å². The topological polar surface area (TPSA) is 102 Å². The average molecular weight is 663 g/mol. The van der Waals surface area contributed by atoms with Crippen molar-refractivity contribution in [1.29, 1.82) is 0 Å². The monoisotopic (exact) mass is 662 g/mol. The highest BCUT2D eigenvalue weighted by Gasteiger charge is 2.55. The molecule has 0 fully saturated rings. The van der Waals surface area contributed by atoms with Gasteiger partial charge in [0.1, 0.15) is 33.3 Å². The minimum absolute atomic E-state index is 0.00159. The summed E-state index contributed by atoms with van der Waals surface area (Å²) in [6.07, 6.45) is 7.27. The van der Waals surface area contributed by atoms with Gasteiger partial charge in [0, 0.05) is 37.2 Å². The zero-order valence-electron chi connectivity index (χ0n) is 31.2. The third-order valence-electron chi connectivity index (χ3n) is 12.4. The Bertz CT molecular complexity index is 1850. The number of ether oxygens (including phenoxy) is 2. The molecule has 2 N–H and O–H groups in total. The smallest absolute Gasteiger partial charge is 0.123 e. The van der Waals surface area contributed by atoms with Gasteiger partial charge >= 0.3 is 0 Å². The molecule has 0 amide bonds. The van der Waals surface area contributed by atoms with Crippen LogP contribution in [-0.4, -0.2) is 45.0 Å². The van der Waals surface area contributed by atoms with Crippen molar-refractivity contribution in [3.05, 3.63) is 92.1 Å². The number of aromatic nitrogens is 6. The summed E-state index contributed by atoms with van der Waals surface area (Å²) in [7, 11) is 3.77. The van der Waals surface area contributed by atoms with E-state index in [0.29, 0.717) is 0 Å². The maximum atomic E-state index is 7.02. The van der Waals surface area contributed by atoms with Crippen molar-refractivity contribution in [1.82, 2.24) is 30.8 Å². The van der Waals surface area contributed by atoms with Crippen LogP contribution in [-0.2, 0) is 20.7 Å². The molecule has 0 radical (unpaired) electrons. The highest BCUT2D eigenvalue weighted by Crippen LogP contribution is 2.60. The van der Waals surface area contributed by atoms with Crippen molar-refractivity contribution in [2.24, 2.45) is 11.8 Å². The van der Waals surface area contributed by atoms with E-state index in [9.17, 15) is 0 Å². The highest BCUT2D eigenvalue weighted by atomic mass is 16.5. The standard InChI is InChI=1S/C41H54N6O2/c1-11-13-17-30-26(5)24(3)28(7)40(48-9,32-19-15-21-36-38(32)44-46-42-36)34(30)23-35-31(18-14-12-2)27(6)25(4)29(8)41(35,49-10)33-20-16-22-37-39(33)45-47-43-37/h15-16,19-22,34-35H,11-14,17-18,23H2,1-10H3,(H,42,44,46)(H,43,45,47). The first kappa shape index (κ1) is 35.0. The molecule has 260 valence electrons. The number of rotatable bonds is 12.